The highest BCUT2D eigenvalue weighted by molar-refractivity contribution is 5.94. The van der Waals surface area contributed by atoms with Gasteiger partial charge in [-0.3, -0.25) is 14.4 Å². The van der Waals surface area contributed by atoms with Gasteiger partial charge < -0.3 is 15.5 Å². The van der Waals surface area contributed by atoms with Crippen molar-refractivity contribution in [2.45, 2.75) is 58.0 Å². The predicted molar refractivity (Wildman–Crippen MR) is 126 cm³/mol. The average molecular weight is 436 g/mol. The van der Waals surface area contributed by atoms with Crippen LogP contribution in [0.3, 0.4) is 0 Å². The molecule has 0 aromatic heterocycles. The van der Waals surface area contributed by atoms with Crippen LogP contribution in [-0.2, 0) is 20.8 Å². The maximum absolute atomic E-state index is 13.5. The van der Waals surface area contributed by atoms with E-state index in [0.29, 0.717) is 19.4 Å². The molecule has 1 unspecified atom stereocenters. The standard InChI is InChI=1S/C26H33N3O3/c1-19(30)29-16-10-15-26(29,24(32)27-18-23(31)28-25(2,3)4)17-21-13-8-9-14-22(21)20-11-6-5-7-12-20/h5-9,11-14H,10,15-18H2,1-4H3,(H,27,32)(H,28,31). The number of hydrogen-bond donors (Lipinski definition) is 2. The summed E-state index contributed by atoms with van der Waals surface area (Å²) in [4.78, 5) is 40.0. The summed E-state index contributed by atoms with van der Waals surface area (Å²) in [7, 11) is 0. The van der Waals surface area contributed by atoms with E-state index in [1.807, 2.05) is 75.4 Å². The normalized spacial score (nSPS) is 18.3. The van der Waals surface area contributed by atoms with Crippen LogP contribution in [0.25, 0.3) is 11.1 Å². The average Bonchev–Trinajstić information content (AvgIpc) is 3.17. The Balaban J connectivity index is 1.91. The van der Waals surface area contributed by atoms with Gasteiger partial charge in [0.1, 0.15) is 5.54 Å². The Hall–Kier alpha value is -3.15. The molecule has 0 saturated carbocycles. The number of carbonyl (C=O) groups is 3. The molecule has 1 aliphatic heterocycles. The largest absolute Gasteiger partial charge is 0.350 e. The van der Waals surface area contributed by atoms with Crippen molar-refractivity contribution in [1.82, 2.24) is 15.5 Å². The molecule has 0 aliphatic carbocycles. The third kappa shape index (κ3) is 5.36. The molecule has 1 atom stereocenters. The second-order valence-corrected chi connectivity index (χ2v) is 9.49. The third-order valence-corrected chi connectivity index (χ3v) is 5.80. The van der Waals surface area contributed by atoms with E-state index in [4.69, 9.17) is 0 Å². The molecule has 2 aromatic rings. The lowest BCUT2D eigenvalue weighted by Crippen LogP contribution is -2.59. The van der Waals surface area contributed by atoms with Crippen LogP contribution in [-0.4, -0.2) is 46.8 Å². The molecule has 0 bridgehead atoms. The van der Waals surface area contributed by atoms with Gasteiger partial charge in [-0.05, 0) is 50.3 Å². The van der Waals surface area contributed by atoms with E-state index in [1.54, 1.807) is 4.90 Å². The van der Waals surface area contributed by atoms with Crippen molar-refractivity contribution in [1.29, 1.82) is 0 Å². The van der Waals surface area contributed by atoms with Crippen molar-refractivity contribution in [3.63, 3.8) is 0 Å². The van der Waals surface area contributed by atoms with Crippen molar-refractivity contribution in [2.75, 3.05) is 13.1 Å². The van der Waals surface area contributed by atoms with Crippen molar-refractivity contribution in [2.24, 2.45) is 0 Å². The first kappa shape index (κ1) is 23.5. The van der Waals surface area contributed by atoms with E-state index in [1.165, 1.54) is 6.92 Å². The molecule has 0 radical (unpaired) electrons. The first-order valence-corrected chi connectivity index (χ1v) is 11.1. The lowest BCUT2D eigenvalue weighted by atomic mass is 9.84. The van der Waals surface area contributed by atoms with Gasteiger partial charge in [0.15, 0.2) is 0 Å². The molecule has 170 valence electrons. The van der Waals surface area contributed by atoms with Gasteiger partial charge in [0.2, 0.25) is 17.7 Å². The molecule has 2 N–H and O–H groups in total. The molecule has 6 heteroatoms. The molecule has 2 aromatic carbocycles. The Morgan fingerprint density at radius 2 is 1.66 bits per heavy atom. The van der Waals surface area contributed by atoms with Crippen molar-refractivity contribution >= 4 is 17.7 Å². The number of likely N-dealkylation sites (tertiary alicyclic amines) is 1. The topological polar surface area (TPSA) is 78.5 Å². The van der Waals surface area contributed by atoms with Gasteiger partial charge in [-0.2, -0.15) is 0 Å². The van der Waals surface area contributed by atoms with Crippen LogP contribution in [0.5, 0.6) is 0 Å². The highest BCUT2D eigenvalue weighted by atomic mass is 16.2. The van der Waals surface area contributed by atoms with Gasteiger partial charge in [0.25, 0.3) is 0 Å². The number of hydrogen-bond acceptors (Lipinski definition) is 3. The van der Waals surface area contributed by atoms with Crippen LogP contribution in [0.2, 0.25) is 0 Å². The van der Waals surface area contributed by atoms with Crippen LogP contribution in [0.15, 0.2) is 54.6 Å². The van der Waals surface area contributed by atoms with Crippen LogP contribution in [0.4, 0.5) is 0 Å². The predicted octanol–water partition coefficient (Wildman–Crippen LogP) is 3.31. The SMILES string of the molecule is CC(=O)N1CCCC1(Cc1ccccc1-c1ccccc1)C(=O)NCC(=O)NC(C)(C)C. The van der Waals surface area contributed by atoms with Gasteiger partial charge in [0.05, 0.1) is 6.54 Å². The van der Waals surface area contributed by atoms with Gasteiger partial charge in [-0.1, -0.05) is 54.6 Å². The molecule has 6 nitrogen and oxygen atoms in total. The summed E-state index contributed by atoms with van der Waals surface area (Å²) < 4.78 is 0. The van der Waals surface area contributed by atoms with Crippen LogP contribution in [0, 0.1) is 0 Å². The second kappa shape index (κ2) is 9.55. The maximum Gasteiger partial charge on any atom is 0.246 e. The van der Waals surface area contributed by atoms with E-state index in [9.17, 15) is 14.4 Å². The van der Waals surface area contributed by atoms with Gasteiger partial charge in [-0.15, -0.1) is 0 Å². The molecular formula is C26H33N3O3. The first-order valence-electron chi connectivity index (χ1n) is 11.1. The quantitative estimate of drug-likeness (QED) is 0.731. The van der Waals surface area contributed by atoms with Gasteiger partial charge >= 0.3 is 0 Å². The Bertz CT molecular complexity index is 981. The van der Waals surface area contributed by atoms with Crippen LogP contribution in [0.1, 0.15) is 46.1 Å². The third-order valence-electron chi connectivity index (χ3n) is 5.80. The molecule has 0 spiro atoms. The zero-order valence-corrected chi connectivity index (χ0v) is 19.4. The minimum absolute atomic E-state index is 0.121. The van der Waals surface area contributed by atoms with E-state index < -0.39 is 5.54 Å². The highest BCUT2D eigenvalue weighted by Crippen LogP contribution is 2.36. The molecule has 32 heavy (non-hydrogen) atoms. The minimum atomic E-state index is -1.02. The van der Waals surface area contributed by atoms with Crippen molar-refractivity contribution < 1.29 is 14.4 Å². The molecule has 1 aliphatic rings. The number of nitrogens with one attached hydrogen (secondary N) is 2. The zero-order chi connectivity index (χ0) is 23.4. The Kier molecular flexibility index (Phi) is 7.02. The fourth-order valence-electron chi connectivity index (χ4n) is 4.51. The van der Waals surface area contributed by atoms with Crippen LogP contribution < -0.4 is 10.6 Å². The Morgan fingerprint density at radius 3 is 2.31 bits per heavy atom. The number of rotatable bonds is 6. The summed E-state index contributed by atoms with van der Waals surface area (Å²) in [5.74, 6) is -0.663. The van der Waals surface area contributed by atoms with Gasteiger partial charge in [-0.25, -0.2) is 0 Å². The maximum atomic E-state index is 13.5. The zero-order valence-electron chi connectivity index (χ0n) is 19.4. The monoisotopic (exact) mass is 435 g/mol. The fourth-order valence-corrected chi connectivity index (χ4v) is 4.51. The molecule has 1 fully saturated rings. The van der Waals surface area contributed by atoms with E-state index in [-0.39, 0.29) is 29.8 Å². The summed E-state index contributed by atoms with van der Waals surface area (Å²) in [5, 5.41) is 5.66. The summed E-state index contributed by atoms with van der Waals surface area (Å²) in [6.07, 6.45) is 1.70. The number of benzene rings is 2. The number of nitrogens with zero attached hydrogens (tertiary/aromatic N) is 1. The second-order valence-electron chi connectivity index (χ2n) is 9.49. The fraction of sp³-hybridized carbons (Fsp3) is 0.423. The summed E-state index contributed by atoms with van der Waals surface area (Å²) in [6, 6.07) is 18.0. The molecule has 3 amide bonds. The van der Waals surface area contributed by atoms with E-state index in [2.05, 4.69) is 10.6 Å². The lowest BCUT2D eigenvalue weighted by molar-refractivity contribution is -0.144. The lowest BCUT2D eigenvalue weighted by Gasteiger charge is -2.37. The smallest absolute Gasteiger partial charge is 0.246 e. The van der Waals surface area contributed by atoms with Crippen LogP contribution >= 0.6 is 0 Å². The number of amides is 3. The molecule has 1 saturated heterocycles. The molecule has 3 rings (SSSR count). The van der Waals surface area contributed by atoms with E-state index in [0.717, 1.165) is 23.1 Å². The number of carbonyl (C=O) groups excluding carboxylic acids is 3. The Morgan fingerprint density at radius 1 is 1.00 bits per heavy atom. The minimum Gasteiger partial charge on any atom is -0.350 e. The Labute approximate surface area is 190 Å². The summed E-state index contributed by atoms with van der Waals surface area (Å²) in [5.41, 5.74) is 1.71. The first-order chi connectivity index (χ1) is 15.1. The van der Waals surface area contributed by atoms with Gasteiger partial charge in [0, 0.05) is 25.4 Å². The van der Waals surface area contributed by atoms with Crippen molar-refractivity contribution in [3.05, 3.63) is 60.2 Å². The van der Waals surface area contributed by atoms with E-state index >= 15 is 0 Å². The summed E-state index contributed by atoms with van der Waals surface area (Å²) >= 11 is 0. The van der Waals surface area contributed by atoms with Crippen molar-refractivity contribution in [3.8, 4) is 11.1 Å². The summed E-state index contributed by atoms with van der Waals surface area (Å²) in [6.45, 7) is 7.59. The molecule has 1 heterocycles. The molecular weight excluding hydrogens is 402 g/mol. The highest BCUT2D eigenvalue weighted by Gasteiger charge is 2.49.